The first-order chi connectivity index (χ1) is 16.2. The standard InChI is InChI=1S/C25H30N6OS/c1-2-9-31-23-13-20-19(12-21(23)29-25(31)33)24(28-16-27-20)26-14-18-5-3-4-6-22(18)30-10-7-17(15-32)8-11-30/h3-6,12-13,16-17,32H,2,7-11,14-15H2,1H3,(H,29,33)(H,26,27,28). The molecule has 33 heavy (non-hydrogen) atoms. The summed E-state index contributed by atoms with van der Waals surface area (Å²) < 4.78 is 2.87. The van der Waals surface area contributed by atoms with Gasteiger partial charge < -0.3 is 24.9 Å². The zero-order chi connectivity index (χ0) is 22.8. The number of anilines is 2. The summed E-state index contributed by atoms with van der Waals surface area (Å²) in [4.78, 5) is 14.8. The highest BCUT2D eigenvalue weighted by Gasteiger charge is 2.20. The molecule has 3 heterocycles. The number of nitrogens with one attached hydrogen (secondary N) is 2. The molecule has 0 saturated carbocycles. The number of imidazole rings is 1. The predicted molar refractivity (Wildman–Crippen MR) is 136 cm³/mol. The van der Waals surface area contributed by atoms with E-state index in [-0.39, 0.29) is 6.61 Å². The summed E-state index contributed by atoms with van der Waals surface area (Å²) >= 11 is 5.53. The van der Waals surface area contributed by atoms with Gasteiger partial charge in [-0.15, -0.1) is 0 Å². The van der Waals surface area contributed by atoms with Crippen LogP contribution in [0.1, 0.15) is 31.7 Å². The Morgan fingerprint density at radius 2 is 2.00 bits per heavy atom. The normalized spacial score (nSPS) is 14.9. The Labute approximate surface area is 198 Å². The fraction of sp³-hybridized carbons (Fsp3) is 0.400. The number of aryl methyl sites for hydroxylation is 1. The molecular formula is C25H30N6OS. The zero-order valence-corrected chi connectivity index (χ0v) is 19.7. The van der Waals surface area contributed by atoms with Crippen LogP contribution in [-0.2, 0) is 13.1 Å². The minimum Gasteiger partial charge on any atom is -0.396 e. The number of aliphatic hydroxyl groups is 1. The highest BCUT2D eigenvalue weighted by atomic mass is 32.1. The largest absolute Gasteiger partial charge is 0.396 e. The van der Waals surface area contributed by atoms with Crippen LogP contribution in [0.5, 0.6) is 0 Å². The maximum Gasteiger partial charge on any atom is 0.178 e. The van der Waals surface area contributed by atoms with Crippen molar-refractivity contribution in [1.29, 1.82) is 0 Å². The van der Waals surface area contributed by atoms with Gasteiger partial charge in [-0.05, 0) is 61.2 Å². The molecule has 0 amide bonds. The number of aromatic amines is 1. The van der Waals surface area contributed by atoms with E-state index in [0.29, 0.717) is 12.5 Å². The van der Waals surface area contributed by atoms with Crippen molar-refractivity contribution in [2.75, 3.05) is 29.9 Å². The third-order valence-corrected chi connectivity index (χ3v) is 6.95. The summed E-state index contributed by atoms with van der Waals surface area (Å²) in [6.45, 7) is 5.95. The third kappa shape index (κ3) is 4.32. The number of aromatic nitrogens is 4. The lowest BCUT2D eigenvalue weighted by Crippen LogP contribution is -2.35. The Hall–Kier alpha value is -2.97. The van der Waals surface area contributed by atoms with Gasteiger partial charge in [0.15, 0.2) is 4.77 Å². The lowest BCUT2D eigenvalue weighted by atomic mass is 9.97. The Bertz CT molecular complexity index is 1320. The molecule has 0 unspecified atom stereocenters. The number of rotatable bonds is 7. The molecule has 3 N–H and O–H groups in total. The lowest BCUT2D eigenvalue weighted by Gasteiger charge is -2.34. The first-order valence-corrected chi connectivity index (χ1v) is 12.1. The van der Waals surface area contributed by atoms with E-state index in [9.17, 15) is 5.11 Å². The molecule has 1 aliphatic heterocycles. The number of hydrogen-bond donors (Lipinski definition) is 3. The van der Waals surface area contributed by atoms with Crippen LogP contribution in [0.4, 0.5) is 11.5 Å². The number of fused-ring (bicyclic) bond motifs is 2. The van der Waals surface area contributed by atoms with Gasteiger partial charge in [0.1, 0.15) is 12.1 Å². The van der Waals surface area contributed by atoms with Crippen LogP contribution in [-0.4, -0.2) is 44.3 Å². The maximum atomic E-state index is 9.46. The summed E-state index contributed by atoms with van der Waals surface area (Å²) in [6.07, 6.45) is 4.70. The summed E-state index contributed by atoms with van der Waals surface area (Å²) in [7, 11) is 0. The molecule has 5 rings (SSSR count). The average Bonchev–Trinajstić information content (AvgIpc) is 3.16. The fourth-order valence-electron chi connectivity index (χ4n) is 4.80. The van der Waals surface area contributed by atoms with E-state index in [1.54, 1.807) is 6.33 Å². The number of para-hydroxylation sites is 1. The van der Waals surface area contributed by atoms with E-state index in [2.05, 4.69) is 73.1 Å². The van der Waals surface area contributed by atoms with Crippen LogP contribution in [0, 0.1) is 10.7 Å². The smallest absolute Gasteiger partial charge is 0.178 e. The molecule has 8 heteroatoms. The van der Waals surface area contributed by atoms with Crippen LogP contribution in [0.2, 0.25) is 0 Å². The second-order valence-electron chi connectivity index (χ2n) is 8.79. The van der Waals surface area contributed by atoms with Crippen molar-refractivity contribution in [3.63, 3.8) is 0 Å². The molecule has 1 fully saturated rings. The summed E-state index contributed by atoms with van der Waals surface area (Å²) in [5.74, 6) is 1.24. The summed E-state index contributed by atoms with van der Waals surface area (Å²) in [5.41, 5.74) is 5.48. The number of nitrogens with zero attached hydrogens (tertiary/aromatic N) is 4. The fourth-order valence-corrected chi connectivity index (χ4v) is 5.10. The van der Waals surface area contributed by atoms with Crippen molar-refractivity contribution in [2.24, 2.45) is 5.92 Å². The topological polar surface area (TPSA) is 82.0 Å². The van der Waals surface area contributed by atoms with Gasteiger partial charge in [0.05, 0.1) is 16.6 Å². The van der Waals surface area contributed by atoms with E-state index < -0.39 is 0 Å². The molecular weight excluding hydrogens is 432 g/mol. The highest BCUT2D eigenvalue weighted by molar-refractivity contribution is 7.71. The van der Waals surface area contributed by atoms with Crippen LogP contribution in [0.15, 0.2) is 42.7 Å². The minimum atomic E-state index is 0.289. The first kappa shape index (κ1) is 21.9. The monoisotopic (exact) mass is 462 g/mol. The molecule has 0 spiro atoms. The van der Waals surface area contributed by atoms with Gasteiger partial charge >= 0.3 is 0 Å². The van der Waals surface area contributed by atoms with E-state index in [1.807, 2.05) is 0 Å². The molecule has 7 nitrogen and oxygen atoms in total. The van der Waals surface area contributed by atoms with Crippen LogP contribution >= 0.6 is 12.2 Å². The van der Waals surface area contributed by atoms with Crippen molar-refractivity contribution >= 4 is 45.7 Å². The average molecular weight is 463 g/mol. The molecule has 0 bridgehead atoms. The molecule has 0 atom stereocenters. The Balaban J connectivity index is 1.42. The molecule has 172 valence electrons. The Morgan fingerprint density at radius 1 is 1.18 bits per heavy atom. The van der Waals surface area contributed by atoms with Crippen molar-refractivity contribution in [2.45, 2.75) is 39.3 Å². The van der Waals surface area contributed by atoms with Crippen LogP contribution in [0.25, 0.3) is 21.9 Å². The summed E-state index contributed by atoms with van der Waals surface area (Å²) in [6, 6.07) is 12.7. The number of hydrogen-bond acceptors (Lipinski definition) is 6. The summed E-state index contributed by atoms with van der Waals surface area (Å²) in [5, 5.41) is 14.0. The van der Waals surface area contributed by atoms with Gasteiger partial charge in [-0.3, -0.25) is 0 Å². The first-order valence-electron chi connectivity index (χ1n) is 11.7. The Kier molecular flexibility index (Phi) is 6.28. The molecule has 4 aromatic rings. The Morgan fingerprint density at radius 3 is 2.79 bits per heavy atom. The van der Waals surface area contributed by atoms with Crippen LogP contribution < -0.4 is 10.2 Å². The number of H-pyrrole nitrogens is 1. The number of aliphatic hydroxyl groups excluding tert-OH is 1. The molecule has 0 radical (unpaired) electrons. The van der Waals surface area contributed by atoms with Gasteiger partial charge in [0.2, 0.25) is 0 Å². The molecule has 0 aliphatic carbocycles. The van der Waals surface area contributed by atoms with Gasteiger partial charge in [0.25, 0.3) is 0 Å². The third-order valence-electron chi connectivity index (χ3n) is 6.63. The maximum absolute atomic E-state index is 9.46. The lowest BCUT2D eigenvalue weighted by molar-refractivity contribution is 0.203. The van der Waals surface area contributed by atoms with E-state index in [4.69, 9.17) is 12.2 Å². The van der Waals surface area contributed by atoms with Crippen molar-refractivity contribution in [1.82, 2.24) is 19.5 Å². The molecule has 1 aliphatic rings. The highest BCUT2D eigenvalue weighted by Crippen LogP contribution is 2.29. The van der Waals surface area contributed by atoms with Gasteiger partial charge in [-0.1, -0.05) is 25.1 Å². The second-order valence-corrected chi connectivity index (χ2v) is 9.17. The van der Waals surface area contributed by atoms with Gasteiger partial charge in [-0.2, -0.15) is 0 Å². The van der Waals surface area contributed by atoms with Gasteiger partial charge in [-0.25, -0.2) is 9.97 Å². The molecule has 1 saturated heterocycles. The van der Waals surface area contributed by atoms with Crippen LogP contribution in [0.3, 0.4) is 0 Å². The predicted octanol–water partition coefficient (Wildman–Crippen LogP) is 4.87. The van der Waals surface area contributed by atoms with E-state index in [1.165, 1.54) is 11.3 Å². The second kappa shape index (κ2) is 9.49. The van der Waals surface area contributed by atoms with E-state index in [0.717, 1.165) is 71.4 Å². The quantitative estimate of drug-likeness (QED) is 0.340. The SMILES string of the molecule is CCCn1c(=S)[nH]c2cc3c(NCc4ccccc4N4CCC(CO)CC4)ncnc3cc21. The van der Waals surface area contributed by atoms with Crippen molar-refractivity contribution in [3.05, 3.63) is 53.1 Å². The number of benzene rings is 2. The molecule has 2 aromatic carbocycles. The molecule has 2 aromatic heterocycles. The van der Waals surface area contributed by atoms with Gasteiger partial charge in [0, 0.05) is 43.9 Å². The number of piperidine rings is 1. The van der Waals surface area contributed by atoms with E-state index >= 15 is 0 Å². The van der Waals surface area contributed by atoms with Crippen molar-refractivity contribution in [3.8, 4) is 0 Å². The minimum absolute atomic E-state index is 0.289. The van der Waals surface area contributed by atoms with Crippen molar-refractivity contribution < 1.29 is 5.11 Å². The zero-order valence-electron chi connectivity index (χ0n) is 18.9.